The highest BCUT2D eigenvalue weighted by atomic mass is 35.5. The van der Waals surface area contributed by atoms with Gasteiger partial charge in [-0.1, -0.05) is 11.6 Å². The smallest absolute Gasteiger partial charge is 0.222 e. The Kier molecular flexibility index (Phi) is 4.80. The van der Waals surface area contributed by atoms with E-state index in [-0.39, 0.29) is 28.5 Å². The van der Waals surface area contributed by atoms with Crippen molar-refractivity contribution in [3.05, 3.63) is 35.2 Å². The van der Waals surface area contributed by atoms with Crippen molar-refractivity contribution in [2.75, 3.05) is 11.1 Å². The Balaban J connectivity index is 1.81. The van der Waals surface area contributed by atoms with Crippen molar-refractivity contribution < 1.29 is 13.9 Å². The van der Waals surface area contributed by atoms with E-state index in [0.717, 1.165) is 18.9 Å². The van der Waals surface area contributed by atoms with Crippen LogP contribution in [0.1, 0.15) is 25.7 Å². The predicted molar refractivity (Wildman–Crippen MR) is 88.8 cm³/mol. The number of rotatable bonds is 4. The Labute approximate surface area is 143 Å². The molecule has 0 amide bonds. The normalized spacial score (nSPS) is 15.3. The van der Waals surface area contributed by atoms with Crippen molar-refractivity contribution in [1.82, 2.24) is 9.97 Å². The Hall–Kier alpha value is -2.41. The molecule has 0 bridgehead atoms. The number of carbonyl (C=O) groups is 1. The minimum Gasteiger partial charge on any atom is -0.450 e. The van der Waals surface area contributed by atoms with E-state index in [1.807, 2.05) is 0 Å². The molecule has 1 fully saturated rings. The molecule has 2 aromatic rings. The zero-order chi connectivity index (χ0) is 17.1. The number of ether oxygens (including phenoxy) is 1. The summed E-state index contributed by atoms with van der Waals surface area (Å²) >= 11 is 5.98. The highest BCUT2D eigenvalue weighted by Crippen LogP contribution is 2.34. The molecule has 3 N–H and O–H groups in total. The second-order valence-electron chi connectivity index (χ2n) is 5.58. The summed E-state index contributed by atoms with van der Waals surface area (Å²) in [5.41, 5.74) is 5.65. The van der Waals surface area contributed by atoms with Crippen LogP contribution in [0.25, 0.3) is 0 Å². The van der Waals surface area contributed by atoms with E-state index < -0.39 is 5.82 Å². The number of nitrogen functional groups attached to an aromatic ring is 1. The summed E-state index contributed by atoms with van der Waals surface area (Å²) < 4.78 is 18.8. The van der Waals surface area contributed by atoms with Crippen molar-refractivity contribution in [2.24, 2.45) is 0 Å². The van der Waals surface area contributed by atoms with Gasteiger partial charge in [0.2, 0.25) is 5.95 Å². The Morgan fingerprint density at radius 3 is 2.75 bits per heavy atom. The number of Topliss-reactive ketones (excluding diaryl/α,β-unsaturated/α-hetero) is 1. The quantitative estimate of drug-likeness (QED) is 0.876. The zero-order valence-corrected chi connectivity index (χ0v) is 13.5. The molecule has 1 aromatic heterocycles. The van der Waals surface area contributed by atoms with Gasteiger partial charge in [-0.05, 0) is 31.0 Å². The molecule has 8 heteroatoms. The lowest BCUT2D eigenvalue weighted by molar-refractivity contribution is -0.120. The number of nitrogens with one attached hydrogen (secondary N) is 1. The highest BCUT2D eigenvalue weighted by Gasteiger charge is 2.21. The van der Waals surface area contributed by atoms with Gasteiger partial charge >= 0.3 is 0 Å². The van der Waals surface area contributed by atoms with E-state index in [2.05, 4.69) is 15.3 Å². The molecule has 1 saturated carbocycles. The molecule has 0 spiro atoms. The Morgan fingerprint density at radius 2 is 2.04 bits per heavy atom. The summed E-state index contributed by atoms with van der Waals surface area (Å²) in [5.74, 6) is 0.947. The van der Waals surface area contributed by atoms with E-state index >= 15 is 0 Å². The van der Waals surface area contributed by atoms with Gasteiger partial charge in [-0.15, -0.1) is 0 Å². The largest absolute Gasteiger partial charge is 0.450 e. The number of ketones is 1. The number of aromatic nitrogens is 2. The molecule has 24 heavy (non-hydrogen) atoms. The maximum absolute atomic E-state index is 13.1. The molecule has 126 valence electrons. The van der Waals surface area contributed by atoms with Crippen LogP contribution in [0.4, 0.5) is 16.2 Å². The van der Waals surface area contributed by atoms with Gasteiger partial charge in [0, 0.05) is 18.9 Å². The van der Waals surface area contributed by atoms with Crippen LogP contribution in [-0.2, 0) is 4.79 Å². The van der Waals surface area contributed by atoms with Crippen LogP contribution >= 0.6 is 11.6 Å². The van der Waals surface area contributed by atoms with E-state index in [9.17, 15) is 9.18 Å². The minimum atomic E-state index is -0.453. The van der Waals surface area contributed by atoms with Crippen LogP contribution in [0.5, 0.6) is 11.5 Å². The fourth-order valence-corrected chi connectivity index (χ4v) is 2.72. The van der Waals surface area contributed by atoms with E-state index in [4.69, 9.17) is 22.1 Å². The third kappa shape index (κ3) is 3.91. The van der Waals surface area contributed by atoms with Crippen LogP contribution in [0.2, 0.25) is 5.02 Å². The number of halogens is 2. The molecule has 0 atom stereocenters. The molecule has 1 heterocycles. The number of hydrogen-bond donors (Lipinski definition) is 2. The number of hydrogen-bond acceptors (Lipinski definition) is 6. The lowest BCUT2D eigenvalue weighted by Gasteiger charge is -2.23. The first kappa shape index (κ1) is 16.4. The Bertz CT molecular complexity index is 762. The number of anilines is 2. The monoisotopic (exact) mass is 350 g/mol. The summed E-state index contributed by atoms with van der Waals surface area (Å²) in [4.78, 5) is 19.4. The summed E-state index contributed by atoms with van der Waals surface area (Å²) in [7, 11) is 0. The van der Waals surface area contributed by atoms with Gasteiger partial charge in [-0.25, -0.2) is 9.37 Å². The lowest BCUT2D eigenvalue weighted by Crippen LogP contribution is -2.26. The standard InChI is InChI=1S/C16H16ClFN4O2/c17-12-7-9(18)1-6-13(12)24-14-8-20-16(19)22-15(14)21-10-2-4-11(23)5-3-10/h1,6-8,10H,2-5H2,(H3,19,20,21,22). The fourth-order valence-electron chi connectivity index (χ4n) is 2.52. The zero-order valence-electron chi connectivity index (χ0n) is 12.8. The number of nitrogens with zero attached hydrogens (tertiary/aromatic N) is 2. The molecule has 6 nitrogen and oxygen atoms in total. The summed E-state index contributed by atoms with van der Waals surface area (Å²) in [6.45, 7) is 0. The van der Waals surface area contributed by atoms with Crippen molar-refractivity contribution in [1.29, 1.82) is 0 Å². The highest BCUT2D eigenvalue weighted by molar-refractivity contribution is 6.32. The van der Waals surface area contributed by atoms with Gasteiger partial charge in [0.1, 0.15) is 17.3 Å². The first-order chi connectivity index (χ1) is 11.5. The van der Waals surface area contributed by atoms with Crippen LogP contribution in [0.15, 0.2) is 24.4 Å². The fraction of sp³-hybridized carbons (Fsp3) is 0.312. The third-order valence-electron chi connectivity index (χ3n) is 3.77. The predicted octanol–water partition coefficient (Wildman–Crippen LogP) is 3.57. The second kappa shape index (κ2) is 7.00. The topological polar surface area (TPSA) is 90.1 Å². The van der Waals surface area contributed by atoms with Gasteiger partial charge in [-0.3, -0.25) is 4.79 Å². The van der Waals surface area contributed by atoms with E-state index in [0.29, 0.717) is 24.4 Å². The third-order valence-corrected chi connectivity index (χ3v) is 4.07. The number of carbonyl (C=O) groups excluding carboxylic acids is 1. The lowest BCUT2D eigenvalue weighted by atomic mass is 9.94. The number of benzene rings is 1. The molecule has 3 rings (SSSR count). The summed E-state index contributed by atoms with van der Waals surface area (Å²) in [5, 5.41) is 3.38. The SMILES string of the molecule is Nc1ncc(Oc2ccc(F)cc2Cl)c(NC2CCC(=O)CC2)n1. The first-order valence-electron chi connectivity index (χ1n) is 7.55. The van der Waals surface area contributed by atoms with Crippen LogP contribution < -0.4 is 15.8 Å². The molecular formula is C16H16ClFN4O2. The van der Waals surface area contributed by atoms with Gasteiger partial charge in [0.25, 0.3) is 0 Å². The second-order valence-corrected chi connectivity index (χ2v) is 5.98. The molecular weight excluding hydrogens is 335 g/mol. The molecule has 1 aliphatic rings. The van der Waals surface area contributed by atoms with Gasteiger partial charge in [0.05, 0.1) is 11.2 Å². The summed E-state index contributed by atoms with van der Waals surface area (Å²) in [6.07, 6.45) is 3.95. The molecule has 0 unspecified atom stereocenters. The van der Waals surface area contributed by atoms with Gasteiger partial charge in [-0.2, -0.15) is 4.98 Å². The summed E-state index contributed by atoms with van der Waals surface area (Å²) in [6, 6.07) is 3.94. The van der Waals surface area contributed by atoms with Crippen molar-refractivity contribution in [2.45, 2.75) is 31.7 Å². The molecule has 0 aliphatic heterocycles. The van der Waals surface area contributed by atoms with Crippen LogP contribution in [0, 0.1) is 5.82 Å². The Morgan fingerprint density at radius 1 is 1.29 bits per heavy atom. The van der Waals surface area contributed by atoms with Gasteiger partial charge in [0.15, 0.2) is 11.6 Å². The van der Waals surface area contributed by atoms with Crippen molar-refractivity contribution in [3.8, 4) is 11.5 Å². The van der Waals surface area contributed by atoms with Crippen molar-refractivity contribution >= 4 is 29.2 Å². The van der Waals surface area contributed by atoms with Crippen molar-refractivity contribution in [3.63, 3.8) is 0 Å². The van der Waals surface area contributed by atoms with Crippen LogP contribution in [0.3, 0.4) is 0 Å². The first-order valence-corrected chi connectivity index (χ1v) is 7.92. The average molecular weight is 351 g/mol. The van der Waals surface area contributed by atoms with E-state index in [1.165, 1.54) is 18.3 Å². The van der Waals surface area contributed by atoms with Gasteiger partial charge < -0.3 is 15.8 Å². The average Bonchev–Trinajstić information content (AvgIpc) is 2.54. The maximum Gasteiger partial charge on any atom is 0.222 e. The van der Waals surface area contributed by atoms with Crippen LogP contribution in [-0.4, -0.2) is 21.8 Å². The molecule has 1 aliphatic carbocycles. The molecule has 1 aromatic carbocycles. The molecule has 0 saturated heterocycles. The van der Waals surface area contributed by atoms with E-state index in [1.54, 1.807) is 0 Å². The molecule has 0 radical (unpaired) electrons. The number of nitrogens with two attached hydrogens (primary N) is 1. The minimum absolute atomic E-state index is 0.0990. The maximum atomic E-state index is 13.1.